The van der Waals surface area contributed by atoms with E-state index >= 15 is 0 Å². The molecule has 1 saturated heterocycles. The highest BCUT2D eigenvalue weighted by atomic mass is 16.5. The van der Waals surface area contributed by atoms with Gasteiger partial charge in [-0.2, -0.15) is 0 Å². The maximum absolute atomic E-state index is 5.54. The smallest absolute Gasteiger partial charge is 0.164 e. The highest BCUT2D eigenvalue weighted by Crippen LogP contribution is 2.45. The number of benzene rings is 1. The molecule has 3 heteroatoms. The fourth-order valence-electron chi connectivity index (χ4n) is 3.34. The van der Waals surface area contributed by atoms with Gasteiger partial charge in [-0.3, -0.25) is 0 Å². The summed E-state index contributed by atoms with van der Waals surface area (Å²) < 4.78 is 10.9. The van der Waals surface area contributed by atoms with Gasteiger partial charge in [0.15, 0.2) is 11.5 Å². The second-order valence-electron chi connectivity index (χ2n) is 4.93. The van der Waals surface area contributed by atoms with Crippen molar-refractivity contribution < 1.29 is 9.47 Å². The Bertz CT molecular complexity index is 430. The van der Waals surface area contributed by atoms with Gasteiger partial charge in [0.25, 0.3) is 0 Å². The van der Waals surface area contributed by atoms with Crippen LogP contribution in [-0.4, -0.2) is 27.3 Å². The minimum absolute atomic E-state index is 0.665. The molecule has 3 nitrogen and oxygen atoms in total. The van der Waals surface area contributed by atoms with Crippen LogP contribution in [0.25, 0.3) is 0 Å². The highest BCUT2D eigenvalue weighted by molar-refractivity contribution is 5.53. The minimum Gasteiger partial charge on any atom is -0.493 e. The van der Waals surface area contributed by atoms with Crippen LogP contribution in [0.1, 0.15) is 23.5 Å². The van der Waals surface area contributed by atoms with Gasteiger partial charge in [0, 0.05) is 18.0 Å². The maximum Gasteiger partial charge on any atom is 0.164 e. The summed E-state index contributed by atoms with van der Waals surface area (Å²) in [6.45, 7) is 2.27. The average molecular weight is 233 g/mol. The van der Waals surface area contributed by atoms with Crippen molar-refractivity contribution in [2.75, 3.05) is 27.3 Å². The van der Waals surface area contributed by atoms with Crippen molar-refractivity contribution >= 4 is 0 Å². The Kier molecular flexibility index (Phi) is 2.71. The second kappa shape index (κ2) is 4.22. The number of rotatable bonds is 2. The highest BCUT2D eigenvalue weighted by Gasteiger charge is 2.35. The van der Waals surface area contributed by atoms with Crippen LogP contribution in [0.4, 0.5) is 0 Å². The van der Waals surface area contributed by atoms with Crippen molar-refractivity contribution in [2.45, 2.75) is 18.8 Å². The SMILES string of the molecule is COc1ccc2c(c1OC)CCC1CNCC21. The molecule has 1 aromatic carbocycles. The average Bonchev–Trinajstić information content (AvgIpc) is 2.85. The summed E-state index contributed by atoms with van der Waals surface area (Å²) in [4.78, 5) is 0. The Morgan fingerprint density at radius 2 is 2.06 bits per heavy atom. The summed E-state index contributed by atoms with van der Waals surface area (Å²) in [6, 6.07) is 4.26. The third-order valence-electron chi connectivity index (χ3n) is 4.19. The zero-order chi connectivity index (χ0) is 11.8. The predicted octanol–water partition coefficient (Wildman–Crippen LogP) is 1.95. The molecule has 0 bridgehead atoms. The predicted molar refractivity (Wildman–Crippen MR) is 67.0 cm³/mol. The Balaban J connectivity index is 2.09. The summed E-state index contributed by atoms with van der Waals surface area (Å²) in [7, 11) is 3.43. The lowest BCUT2D eigenvalue weighted by molar-refractivity contribution is 0.344. The van der Waals surface area contributed by atoms with Gasteiger partial charge in [-0.25, -0.2) is 0 Å². The van der Waals surface area contributed by atoms with Gasteiger partial charge in [0.2, 0.25) is 0 Å². The van der Waals surface area contributed by atoms with Gasteiger partial charge in [-0.15, -0.1) is 0 Å². The van der Waals surface area contributed by atoms with Crippen molar-refractivity contribution in [2.24, 2.45) is 5.92 Å². The second-order valence-corrected chi connectivity index (χ2v) is 4.93. The van der Waals surface area contributed by atoms with Gasteiger partial charge >= 0.3 is 0 Å². The number of fused-ring (bicyclic) bond motifs is 3. The van der Waals surface area contributed by atoms with Gasteiger partial charge in [0.1, 0.15) is 0 Å². The molecule has 0 amide bonds. The summed E-state index contributed by atoms with van der Waals surface area (Å²) >= 11 is 0. The minimum atomic E-state index is 0.665. The largest absolute Gasteiger partial charge is 0.493 e. The van der Waals surface area contributed by atoms with E-state index in [0.29, 0.717) is 5.92 Å². The molecule has 0 spiro atoms. The first-order chi connectivity index (χ1) is 8.35. The van der Waals surface area contributed by atoms with Gasteiger partial charge in [-0.05, 0) is 36.9 Å². The van der Waals surface area contributed by atoms with Crippen LogP contribution >= 0.6 is 0 Å². The molecule has 17 heavy (non-hydrogen) atoms. The molecule has 0 aromatic heterocycles. The van der Waals surface area contributed by atoms with Crippen molar-refractivity contribution in [1.29, 1.82) is 0 Å². The molecule has 2 unspecified atom stereocenters. The zero-order valence-electron chi connectivity index (χ0n) is 10.5. The van der Waals surface area contributed by atoms with E-state index in [-0.39, 0.29) is 0 Å². The van der Waals surface area contributed by atoms with Crippen LogP contribution in [0, 0.1) is 5.92 Å². The van der Waals surface area contributed by atoms with Gasteiger partial charge in [-0.1, -0.05) is 6.07 Å². The van der Waals surface area contributed by atoms with E-state index in [2.05, 4.69) is 11.4 Å². The van der Waals surface area contributed by atoms with Crippen LogP contribution in [0.15, 0.2) is 12.1 Å². The summed E-state index contributed by atoms with van der Waals surface area (Å²) in [5.41, 5.74) is 2.82. The van der Waals surface area contributed by atoms with E-state index < -0.39 is 0 Å². The van der Waals surface area contributed by atoms with E-state index in [9.17, 15) is 0 Å². The molecule has 1 aromatic rings. The Labute approximate surface area is 102 Å². The van der Waals surface area contributed by atoms with Crippen LogP contribution in [0.2, 0.25) is 0 Å². The lowest BCUT2D eigenvalue weighted by Gasteiger charge is -2.29. The molecule has 1 aliphatic heterocycles. The normalized spacial score (nSPS) is 26.2. The van der Waals surface area contributed by atoms with Crippen molar-refractivity contribution in [3.05, 3.63) is 23.3 Å². The van der Waals surface area contributed by atoms with E-state index in [1.54, 1.807) is 14.2 Å². The molecule has 1 fully saturated rings. The lowest BCUT2D eigenvalue weighted by atomic mass is 9.76. The number of methoxy groups -OCH3 is 2. The number of nitrogens with one attached hydrogen (secondary N) is 1. The topological polar surface area (TPSA) is 30.5 Å². The Morgan fingerprint density at radius 3 is 2.82 bits per heavy atom. The van der Waals surface area contributed by atoms with Crippen molar-refractivity contribution in [3.63, 3.8) is 0 Å². The molecular formula is C14H19NO2. The van der Waals surface area contributed by atoms with Crippen LogP contribution in [0.5, 0.6) is 11.5 Å². The first-order valence-corrected chi connectivity index (χ1v) is 6.29. The monoisotopic (exact) mass is 233 g/mol. The Hall–Kier alpha value is -1.22. The number of ether oxygens (including phenoxy) is 2. The first-order valence-electron chi connectivity index (χ1n) is 6.29. The molecule has 2 aliphatic rings. The summed E-state index contributed by atoms with van der Waals surface area (Å²) in [6.07, 6.45) is 2.37. The molecular weight excluding hydrogens is 214 g/mol. The molecule has 1 heterocycles. The summed E-state index contributed by atoms with van der Waals surface area (Å²) in [5, 5.41) is 3.50. The van der Waals surface area contributed by atoms with Crippen LogP contribution in [0.3, 0.4) is 0 Å². The van der Waals surface area contributed by atoms with Gasteiger partial charge in [0.05, 0.1) is 14.2 Å². The van der Waals surface area contributed by atoms with E-state index in [1.165, 1.54) is 24.1 Å². The van der Waals surface area contributed by atoms with Gasteiger partial charge < -0.3 is 14.8 Å². The Morgan fingerprint density at radius 1 is 1.18 bits per heavy atom. The molecule has 2 atom stereocenters. The van der Waals surface area contributed by atoms with Crippen molar-refractivity contribution in [1.82, 2.24) is 5.32 Å². The molecule has 1 aliphatic carbocycles. The van der Waals surface area contributed by atoms with E-state index in [1.807, 2.05) is 6.07 Å². The van der Waals surface area contributed by atoms with E-state index in [4.69, 9.17) is 9.47 Å². The third kappa shape index (κ3) is 1.61. The number of hydrogen-bond acceptors (Lipinski definition) is 3. The fourth-order valence-corrected chi connectivity index (χ4v) is 3.34. The van der Waals surface area contributed by atoms with Crippen molar-refractivity contribution in [3.8, 4) is 11.5 Å². The first kappa shape index (κ1) is 10.9. The molecule has 0 radical (unpaired) electrons. The summed E-state index contributed by atoms with van der Waals surface area (Å²) in [5.74, 6) is 3.27. The zero-order valence-corrected chi connectivity index (χ0v) is 10.5. The maximum atomic E-state index is 5.54. The van der Waals surface area contributed by atoms with E-state index in [0.717, 1.165) is 30.4 Å². The molecule has 92 valence electrons. The standard InChI is InChI=1S/C14H19NO2/c1-16-13-6-5-10-11(14(13)17-2)4-3-9-7-15-8-12(9)10/h5-6,9,12,15H,3-4,7-8H2,1-2H3. The third-order valence-corrected chi connectivity index (χ3v) is 4.19. The fraction of sp³-hybridized carbons (Fsp3) is 0.571. The molecule has 0 saturated carbocycles. The van der Waals surface area contributed by atoms with Crippen LogP contribution < -0.4 is 14.8 Å². The quantitative estimate of drug-likeness (QED) is 0.847. The number of hydrogen-bond donors (Lipinski definition) is 1. The molecule has 3 rings (SSSR count). The molecule has 1 N–H and O–H groups in total. The lowest BCUT2D eigenvalue weighted by Crippen LogP contribution is -2.19. The van der Waals surface area contributed by atoms with Crippen LogP contribution in [-0.2, 0) is 6.42 Å².